The number of hydrogen-bond acceptors (Lipinski definition) is 6. The van der Waals surface area contributed by atoms with Crippen LogP contribution in [-0.4, -0.2) is 65.3 Å². The molecule has 38 heavy (non-hydrogen) atoms. The van der Waals surface area contributed by atoms with Crippen LogP contribution in [0.3, 0.4) is 0 Å². The first kappa shape index (κ1) is 27.7. The Labute approximate surface area is 231 Å². The van der Waals surface area contributed by atoms with Gasteiger partial charge in [-0.1, -0.05) is 53.5 Å². The Hall–Kier alpha value is -3.30. The van der Waals surface area contributed by atoms with E-state index in [9.17, 15) is 19.8 Å². The lowest BCUT2D eigenvalue weighted by atomic mass is 10.1. The number of ether oxygens (including phenoxy) is 1. The Morgan fingerprint density at radius 3 is 2.11 bits per heavy atom. The summed E-state index contributed by atoms with van der Waals surface area (Å²) in [7, 11) is 0. The molecule has 1 saturated heterocycles. The second-order valence-corrected chi connectivity index (χ2v) is 9.84. The monoisotopic (exact) mass is 557 g/mol. The fourth-order valence-electron chi connectivity index (χ4n) is 4.15. The summed E-state index contributed by atoms with van der Waals surface area (Å²) in [6, 6.07) is 22.1. The first-order valence-electron chi connectivity index (χ1n) is 12.2. The number of amides is 2. The van der Waals surface area contributed by atoms with E-state index in [0.29, 0.717) is 42.0 Å². The third kappa shape index (κ3) is 7.39. The predicted molar refractivity (Wildman–Crippen MR) is 146 cm³/mol. The summed E-state index contributed by atoms with van der Waals surface area (Å²) < 4.78 is 5.75. The zero-order valence-electron chi connectivity index (χ0n) is 20.6. The van der Waals surface area contributed by atoms with Gasteiger partial charge in [-0.05, 0) is 53.6 Å². The summed E-state index contributed by atoms with van der Waals surface area (Å²) in [5.74, 6) is -0.876. The van der Waals surface area contributed by atoms with Gasteiger partial charge in [0.2, 0.25) is 0 Å². The van der Waals surface area contributed by atoms with Crippen molar-refractivity contribution in [1.29, 1.82) is 0 Å². The maximum absolute atomic E-state index is 12.7. The molecule has 0 aliphatic carbocycles. The Kier molecular flexibility index (Phi) is 9.47. The molecule has 1 aliphatic rings. The standard InChI is InChI=1S/C28H29Cl2N3O5/c29-21-14-20(15-22(30)16-21)18-38-24-8-6-19(7-9-24)17-31-27(36)25(34)26(35)28(37)33-12-10-32(11-13-33)23-4-2-1-3-5-23/h1-9,14-16,25-26,34-35H,10-13,17-18H2,(H,31,36)/t25-,26-/m1/s1. The van der Waals surface area contributed by atoms with E-state index in [-0.39, 0.29) is 13.2 Å². The second kappa shape index (κ2) is 13.0. The van der Waals surface area contributed by atoms with Crippen LogP contribution in [0.5, 0.6) is 5.75 Å². The van der Waals surface area contributed by atoms with Crippen molar-refractivity contribution in [2.45, 2.75) is 25.4 Å². The second-order valence-electron chi connectivity index (χ2n) is 8.97. The topological polar surface area (TPSA) is 102 Å². The van der Waals surface area contributed by atoms with Gasteiger partial charge in [0.1, 0.15) is 12.4 Å². The first-order chi connectivity index (χ1) is 18.3. The van der Waals surface area contributed by atoms with Gasteiger partial charge in [-0.25, -0.2) is 0 Å². The van der Waals surface area contributed by atoms with Crippen LogP contribution in [0.4, 0.5) is 5.69 Å². The first-order valence-corrected chi connectivity index (χ1v) is 12.9. The van der Waals surface area contributed by atoms with Gasteiger partial charge in [-0.2, -0.15) is 0 Å². The molecule has 0 unspecified atom stereocenters. The maximum atomic E-state index is 12.7. The highest BCUT2D eigenvalue weighted by molar-refractivity contribution is 6.34. The molecular weight excluding hydrogens is 529 g/mol. The Balaban J connectivity index is 1.21. The van der Waals surface area contributed by atoms with Crippen molar-refractivity contribution in [2.75, 3.05) is 31.1 Å². The maximum Gasteiger partial charge on any atom is 0.254 e. The van der Waals surface area contributed by atoms with Crippen LogP contribution in [-0.2, 0) is 22.7 Å². The molecule has 0 spiro atoms. The molecule has 2 atom stereocenters. The minimum atomic E-state index is -1.87. The van der Waals surface area contributed by atoms with Crippen molar-refractivity contribution < 1.29 is 24.5 Å². The van der Waals surface area contributed by atoms with Crippen molar-refractivity contribution in [3.63, 3.8) is 0 Å². The van der Waals surface area contributed by atoms with Gasteiger partial charge in [0.15, 0.2) is 12.2 Å². The number of carbonyl (C=O) groups excluding carboxylic acids is 2. The number of aliphatic hydroxyl groups is 2. The summed E-state index contributed by atoms with van der Waals surface area (Å²) in [5, 5.41) is 24.3. The molecular formula is C28H29Cl2N3O5. The molecule has 2 amide bonds. The Bertz CT molecular complexity index is 1210. The third-order valence-electron chi connectivity index (χ3n) is 6.25. The molecule has 0 bridgehead atoms. The number of anilines is 1. The molecule has 3 aromatic carbocycles. The van der Waals surface area contributed by atoms with E-state index in [1.165, 1.54) is 4.90 Å². The Morgan fingerprint density at radius 2 is 1.47 bits per heavy atom. The van der Waals surface area contributed by atoms with Crippen molar-refractivity contribution in [2.24, 2.45) is 0 Å². The average Bonchev–Trinajstić information content (AvgIpc) is 2.94. The van der Waals surface area contributed by atoms with E-state index in [4.69, 9.17) is 27.9 Å². The van der Waals surface area contributed by atoms with Gasteiger partial charge >= 0.3 is 0 Å². The Morgan fingerprint density at radius 1 is 0.842 bits per heavy atom. The van der Waals surface area contributed by atoms with E-state index in [1.54, 1.807) is 42.5 Å². The SMILES string of the molecule is O=C(NCc1ccc(OCc2cc(Cl)cc(Cl)c2)cc1)[C@H](O)[C@@H](O)C(=O)N1CCN(c2ccccc2)CC1. The predicted octanol–water partition coefficient (Wildman–Crippen LogP) is 3.26. The van der Waals surface area contributed by atoms with Crippen LogP contribution in [0, 0.1) is 0 Å². The highest BCUT2D eigenvalue weighted by atomic mass is 35.5. The molecule has 4 rings (SSSR count). The number of piperazine rings is 1. The van der Waals surface area contributed by atoms with Gasteiger partial charge in [0, 0.05) is 48.5 Å². The van der Waals surface area contributed by atoms with E-state index in [1.807, 2.05) is 30.3 Å². The minimum Gasteiger partial charge on any atom is -0.489 e. The number of hydrogen-bond donors (Lipinski definition) is 3. The number of para-hydroxylation sites is 1. The van der Waals surface area contributed by atoms with Gasteiger partial charge in [0.05, 0.1) is 0 Å². The quantitative estimate of drug-likeness (QED) is 0.373. The zero-order chi connectivity index (χ0) is 27.1. The van der Waals surface area contributed by atoms with Crippen LogP contribution in [0.15, 0.2) is 72.8 Å². The highest BCUT2D eigenvalue weighted by Crippen LogP contribution is 2.21. The smallest absolute Gasteiger partial charge is 0.254 e. The number of halogens is 2. The molecule has 3 N–H and O–H groups in total. The van der Waals surface area contributed by atoms with Gasteiger partial charge < -0.3 is 30.1 Å². The minimum absolute atomic E-state index is 0.108. The van der Waals surface area contributed by atoms with E-state index < -0.39 is 24.0 Å². The number of nitrogens with zero attached hydrogens (tertiary/aromatic N) is 2. The lowest BCUT2D eigenvalue weighted by Gasteiger charge is -2.37. The fraction of sp³-hybridized carbons (Fsp3) is 0.286. The van der Waals surface area contributed by atoms with Crippen LogP contribution in [0.2, 0.25) is 10.0 Å². The fourth-order valence-corrected chi connectivity index (χ4v) is 4.72. The molecule has 1 heterocycles. The van der Waals surface area contributed by atoms with Gasteiger partial charge in [-0.15, -0.1) is 0 Å². The summed E-state index contributed by atoms with van der Waals surface area (Å²) in [4.78, 5) is 28.7. The van der Waals surface area contributed by atoms with E-state index in [2.05, 4.69) is 10.2 Å². The molecule has 0 aromatic heterocycles. The van der Waals surface area contributed by atoms with Crippen molar-refractivity contribution in [3.8, 4) is 5.75 Å². The molecule has 0 saturated carbocycles. The molecule has 1 aliphatic heterocycles. The third-order valence-corrected chi connectivity index (χ3v) is 6.69. The normalized spacial score (nSPS) is 15.1. The van der Waals surface area contributed by atoms with Crippen LogP contribution in [0.1, 0.15) is 11.1 Å². The molecule has 200 valence electrons. The number of carbonyl (C=O) groups is 2. The van der Waals surface area contributed by atoms with Crippen LogP contribution >= 0.6 is 23.2 Å². The van der Waals surface area contributed by atoms with Crippen molar-refractivity contribution in [1.82, 2.24) is 10.2 Å². The molecule has 1 fully saturated rings. The van der Waals surface area contributed by atoms with E-state index >= 15 is 0 Å². The molecule has 0 radical (unpaired) electrons. The number of nitrogens with one attached hydrogen (secondary N) is 1. The molecule has 3 aromatic rings. The van der Waals surface area contributed by atoms with Gasteiger partial charge in [0.25, 0.3) is 11.8 Å². The number of aliphatic hydroxyl groups excluding tert-OH is 2. The van der Waals surface area contributed by atoms with Gasteiger partial charge in [-0.3, -0.25) is 9.59 Å². The number of rotatable bonds is 9. The van der Waals surface area contributed by atoms with Crippen LogP contribution in [0.25, 0.3) is 0 Å². The summed E-state index contributed by atoms with van der Waals surface area (Å²) in [5.41, 5.74) is 2.64. The van der Waals surface area contributed by atoms with Crippen molar-refractivity contribution >= 4 is 40.7 Å². The zero-order valence-corrected chi connectivity index (χ0v) is 22.1. The van der Waals surface area contributed by atoms with Crippen LogP contribution < -0.4 is 15.0 Å². The summed E-state index contributed by atoms with van der Waals surface area (Å²) >= 11 is 12.0. The largest absolute Gasteiger partial charge is 0.489 e. The number of benzene rings is 3. The summed E-state index contributed by atoms with van der Waals surface area (Å²) in [6.07, 6.45) is -3.71. The highest BCUT2D eigenvalue weighted by Gasteiger charge is 2.34. The average molecular weight is 558 g/mol. The molecule has 10 heteroatoms. The lowest BCUT2D eigenvalue weighted by Crippen LogP contribution is -2.55. The van der Waals surface area contributed by atoms with E-state index in [0.717, 1.165) is 16.8 Å². The lowest BCUT2D eigenvalue weighted by molar-refractivity contribution is -0.153. The summed E-state index contributed by atoms with van der Waals surface area (Å²) in [6.45, 7) is 2.36. The molecule has 8 nitrogen and oxygen atoms in total. The van der Waals surface area contributed by atoms with Crippen molar-refractivity contribution in [3.05, 3.63) is 94.0 Å².